The van der Waals surface area contributed by atoms with Crippen LogP contribution in [0.2, 0.25) is 0 Å². The van der Waals surface area contributed by atoms with Gasteiger partial charge in [-0.25, -0.2) is 9.59 Å². The average molecular weight is 433 g/mol. The summed E-state index contributed by atoms with van der Waals surface area (Å²) >= 11 is 0. The second-order valence-corrected chi connectivity index (χ2v) is 9.10. The summed E-state index contributed by atoms with van der Waals surface area (Å²) in [4.78, 5) is 36.0. The molecule has 0 aromatic rings. The highest BCUT2D eigenvalue weighted by Gasteiger charge is 2.23. The number of carbonyl (C=O) groups excluding carboxylic acids is 3. The quantitative estimate of drug-likeness (QED) is 0.307. The van der Waals surface area contributed by atoms with Crippen LogP contribution < -0.4 is 21.7 Å². The highest BCUT2D eigenvalue weighted by Crippen LogP contribution is 2.08. The van der Waals surface area contributed by atoms with Gasteiger partial charge in [0.05, 0.1) is 18.7 Å². The van der Waals surface area contributed by atoms with Crippen molar-refractivity contribution in [3.8, 4) is 0 Å². The van der Waals surface area contributed by atoms with E-state index in [1.165, 1.54) is 0 Å². The summed E-state index contributed by atoms with van der Waals surface area (Å²) in [6.07, 6.45) is 0.754. The number of ether oxygens (including phenoxy) is 2. The maximum absolute atomic E-state index is 12.4. The van der Waals surface area contributed by atoms with Crippen molar-refractivity contribution < 1.29 is 29.0 Å². The van der Waals surface area contributed by atoms with Gasteiger partial charge in [0.15, 0.2) is 0 Å². The maximum atomic E-state index is 12.4. The molecule has 10 heteroatoms. The summed E-state index contributed by atoms with van der Waals surface area (Å²) in [5.74, 6) is -0.483. The van der Waals surface area contributed by atoms with Crippen molar-refractivity contribution in [3.63, 3.8) is 0 Å². The van der Waals surface area contributed by atoms with Crippen LogP contribution in [-0.4, -0.2) is 66.2 Å². The van der Waals surface area contributed by atoms with Gasteiger partial charge in [0, 0.05) is 0 Å². The minimum absolute atomic E-state index is 0.227. The molecule has 2 atom stereocenters. The molecule has 6 N–H and O–H groups in total. The predicted octanol–water partition coefficient (Wildman–Crippen LogP) is 1.40. The van der Waals surface area contributed by atoms with Crippen LogP contribution in [0.1, 0.15) is 67.2 Å². The first-order chi connectivity index (χ1) is 13.8. The van der Waals surface area contributed by atoms with Crippen LogP contribution in [-0.2, 0) is 14.3 Å². The van der Waals surface area contributed by atoms with E-state index in [1.807, 2.05) is 0 Å². The summed E-state index contributed by atoms with van der Waals surface area (Å²) in [7, 11) is 0. The van der Waals surface area contributed by atoms with Gasteiger partial charge in [-0.15, -0.1) is 0 Å². The number of amides is 3. The number of imide groups is 1. The zero-order valence-electron chi connectivity index (χ0n) is 19.2. The van der Waals surface area contributed by atoms with Gasteiger partial charge in [0.2, 0.25) is 5.91 Å². The van der Waals surface area contributed by atoms with E-state index >= 15 is 0 Å². The van der Waals surface area contributed by atoms with E-state index < -0.39 is 41.4 Å². The van der Waals surface area contributed by atoms with Crippen molar-refractivity contribution in [2.24, 2.45) is 5.73 Å². The minimum atomic E-state index is -0.797. The Morgan fingerprint density at radius 2 is 1.50 bits per heavy atom. The molecule has 0 fully saturated rings. The molecule has 0 unspecified atom stereocenters. The lowest BCUT2D eigenvalue weighted by Crippen LogP contribution is -2.48. The zero-order chi connectivity index (χ0) is 23.4. The van der Waals surface area contributed by atoms with E-state index in [0.717, 1.165) is 0 Å². The second-order valence-electron chi connectivity index (χ2n) is 9.10. The normalized spacial score (nSPS) is 13.9. The average Bonchev–Trinajstić information content (AvgIpc) is 2.56. The molecule has 0 rings (SSSR count). The summed E-state index contributed by atoms with van der Waals surface area (Å²) in [6, 6.07) is -1.06. The lowest BCUT2D eigenvalue weighted by molar-refractivity contribution is -0.123. The first kappa shape index (κ1) is 28.1. The van der Waals surface area contributed by atoms with Crippen LogP contribution in [0.3, 0.4) is 0 Å². The number of aliphatic hydroxyl groups is 1. The van der Waals surface area contributed by atoms with Gasteiger partial charge in [-0.3, -0.25) is 10.1 Å². The lowest BCUT2D eigenvalue weighted by Gasteiger charge is -2.23. The molecule has 0 aromatic heterocycles. The number of nitrogens with one attached hydrogen (secondary N) is 3. The lowest BCUT2D eigenvalue weighted by atomic mass is 10.1. The Morgan fingerprint density at radius 3 is 2.00 bits per heavy atom. The van der Waals surface area contributed by atoms with Gasteiger partial charge in [-0.2, -0.15) is 0 Å². The largest absolute Gasteiger partial charge is 0.444 e. The van der Waals surface area contributed by atoms with E-state index in [0.29, 0.717) is 38.8 Å². The molecule has 0 bridgehead atoms. The molecule has 176 valence electrons. The Kier molecular flexibility index (Phi) is 12.6. The number of nitrogens with two attached hydrogens (primary N) is 1. The Bertz CT molecular complexity index is 542. The molecule has 0 saturated carbocycles. The Hall–Kier alpha value is -1.91. The van der Waals surface area contributed by atoms with Crippen LogP contribution in [0, 0.1) is 0 Å². The van der Waals surface area contributed by atoms with E-state index in [-0.39, 0.29) is 6.61 Å². The second kappa shape index (κ2) is 13.4. The van der Waals surface area contributed by atoms with Crippen LogP contribution in [0.15, 0.2) is 0 Å². The molecule has 0 saturated heterocycles. The third-order valence-electron chi connectivity index (χ3n) is 3.70. The number of carbonyl (C=O) groups is 3. The Balaban J connectivity index is 4.52. The topological polar surface area (TPSA) is 152 Å². The molecule has 3 amide bonds. The van der Waals surface area contributed by atoms with Crippen LogP contribution in [0.25, 0.3) is 0 Å². The van der Waals surface area contributed by atoms with E-state index in [4.69, 9.17) is 15.2 Å². The van der Waals surface area contributed by atoms with Gasteiger partial charge in [0.1, 0.15) is 11.2 Å². The molecule has 10 nitrogen and oxygen atoms in total. The SMILES string of the molecule is CC(C)(C)OC(=O)NC(=O)[C@H](CCCN)NCCC[C@@H](CO)NC(=O)OC(C)(C)C. The van der Waals surface area contributed by atoms with Crippen molar-refractivity contribution in [2.75, 3.05) is 19.7 Å². The summed E-state index contributed by atoms with van der Waals surface area (Å²) in [5, 5.41) is 17.4. The standard InChI is InChI=1S/C20H40N4O6/c1-19(2,3)29-17(27)23-14(13-25)9-8-12-22-15(10-7-11-21)16(26)24-18(28)30-20(4,5)6/h14-15,22,25H,7-13,21H2,1-6H3,(H,23,27)(H,24,26,28)/t14-,15-/m0/s1. The number of rotatable bonds is 11. The number of aliphatic hydroxyl groups excluding tert-OH is 1. The van der Waals surface area contributed by atoms with Gasteiger partial charge in [0.25, 0.3) is 0 Å². The van der Waals surface area contributed by atoms with Crippen LogP contribution >= 0.6 is 0 Å². The monoisotopic (exact) mass is 432 g/mol. The highest BCUT2D eigenvalue weighted by atomic mass is 16.6. The maximum Gasteiger partial charge on any atom is 0.414 e. The molecule has 0 spiro atoms. The highest BCUT2D eigenvalue weighted by molar-refractivity contribution is 5.94. The molecule has 0 aromatic carbocycles. The number of hydrogen-bond donors (Lipinski definition) is 5. The third kappa shape index (κ3) is 15.0. The first-order valence-electron chi connectivity index (χ1n) is 10.3. The third-order valence-corrected chi connectivity index (χ3v) is 3.70. The number of hydrogen-bond acceptors (Lipinski definition) is 8. The van der Waals surface area contributed by atoms with Gasteiger partial charge < -0.3 is 30.9 Å². The molecule has 0 radical (unpaired) electrons. The van der Waals surface area contributed by atoms with E-state index in [2.05, 4.69) is 16.0 Å². The van der Waals surface area contributed by atoms with Crippen LogP contribution in [0.5, 0.6) is 0 Å². The summed E-state index contributed by atoms with van der Waals surface area (Å²) in [6.45, 7) is 11.1. The molecule has 0 aliphatic rings. The van der Waals surface area contributed by atoms with Crippen LogP contribution in [0.4, 0.5) is 9.59 Å². The fourth-order valence-corrected chi connectivity index (χ4v) is 2.45. The molecule has 0 heterocycles. The molecule has 0 aliphatic heterocycles. The van der Waals surface area contributed by atoms with E-state index in [1.54, 1.807) is 41.5 Å². The first-order valence-corrected chi connectivity index (χ1v) is 10.3. The molecular formula is C20H40N4O6. The van der Waals surface area contributed by atoms with Crippen molar-refractivity contribution in [2.45, 2.75) is 90.5 Å². The fraction of sp³-hybridized carbons (Fsp3) is 0.850. The molecule has 30 heavy (non-hydrogen) atoms. The van der Waals surface area contributed by atoms with Crippen molar-refractivity contribution in [1.29, 1.82) is 0 Å². The predicted molar refractivity (Wildman–Crippen MR) is 114 cm³/mol. The summed E-state index contributed by atoms with van der Waals surface area (Å²) < 4.78 is 10.3. The Morgan fingerprint density at radius 1 is 0.933 bits per heavy atom. The summed E-state index contributed by atoms with van der Waals surface area (Å²) in [5.41, 5.74) is 4.21. The number of alkyl carbamates (subject to hydrolysis) is 2. The van der Waals surface area contributed by atoms with Gasteiger partial charge >= 0.3 is 12.2 Å². The molecule has 0 aliphatic carbocycles. The van der Waals surface area contributed by atoms with Crippen molar-refractivity contribution >= 4 is 18.1 Å². The fourth-order valence-electron chi connectivity index (χ4n) is 2.45. The van der Waals surface area contributed by atoms with Gasteiger partial charge in [-0.05, 0) is 80.3 Å². The zero-order valence-corrected chi connectivity index (χ0v) is 19.2. The minimum Gasteiger partial charge on any atom is -0.444 e. The smallest absolute Gasteiger partial charge is 0.414 e. The van der Waals surface area contributed by atoms with Gasteiger partial charge in [-0.1, -0.05) is 0 Å². The molecular weight excluding hydrogens is 392 g/mol. The van der Waals surface area contributed by atoms with Crippen molar-refractivity contribution in [1.82, 2.24) is 16.0 Å². The Labute approximate surface area is 179 Å². The van der Waals surface area contributed by atoms with Crippen molar-refractivity contribution in [3.05, 3.63) is 0 Å². The van der Waals surface area contributed by atoms with E-state index in [9.17, 15) is 19.5 Å².